The Morgan fingerprint density at radius 2 is 1.84 bits per heavy atom. The topological polar surface area (TPSA) is 69.7 Å². The molecule has 0 saturated carbocycles. The summed E-state index contributed by atoms with van der Waals surface area (Å²) >= 11 is 0. The van der Waals surface area contributed by atoms with Crippen molar-refractivity contribution in [3.05, 3.63) is 29.8 Å². The Kier molecular flexibility index (Phi) is 7.38. The number of piperidine rings is 2. The molecule has 6 nitrogen and oxygen atoms in total. The first-order chi connectivity index (χ1) is 14.5. The highest BCUT2D eigenvalue weighted by Crippen LogP contribution is 2.27. The van der Waals surface area contributed by atoms with E-state index in [2.05, 4.69) is 31.0 Å². The molecule has 0 spiro atoms. The monoisotopic (exact) mass is 457 g/mol. The Hall–Kier alpha value is -1.58. The molecule has 2 fully saturated rings. The van der Waals surface area contributed by atoms with Crippen LogP contribution in [0.25, 0.3) is 0 Å². The molecule has 1 N–H and O–H groups in total. The van der Waals surface area contributed by atoms with Crippen molar-refractivity contribution in [2.75, 3.05) is 32.7 Å². The first kappa shape index (κ1) is 24.1. The number of halogens is 2. The summed E-state index contributed by atoms with van der Waals surface area (Å²) < 4.78 is 54.0. The molecule has 1 aromatic carbocycles. The summed E-state index contributed by atoms with van der Waals surface area (Å²) in [7, 11) is -4.14. The zero-order valence-corrected chi connectivity index (χ0v) is 19.4. The SMILES string of the molecule is CC1CCCN(C(C)(C)CNC(=O)C2CCN(S(=O)(=O)c3cc(F)ccc3F)CC2)C1. The molecule has 2 saturated heterocycles. The lowest BCUT2D eigenvalue weighted by molar-refractivity contribution is -0.126. The van der Waals surface area contributed by atoms with Crippen LogP contribution in [0.1, 0.15) is 46.5 Å². The number of hydrogen-bond acceptors (Lipinski definition) is 4. The number of sulfonamides is 1. The Morgan fingerprint density at radius 1 is 1.16 bits per heavy atom. The number of nitrogens with zero attached hydrogens (tertiary/aromatic N) is 2. The quantitative estimate of drug-likeness (QED) is 0.713. The molecule has 2 aliphatic heterocycles. The van der Waals surface area contributed by atoms with Crippen LogP contribution in [0.5, 0.6) is 0 Å². The van der Waals surface area contributed by atoms with Gasteiger partial charge in [-0.25, -0.2) is 17.2 Å². The number of likely N-dealkylation sites (tertiary alicyclic amines) is 1. The summed E-state index contributed by atoms with van der Waals surface area (Å²) in [6.45, 7) is 9.30. The highest BCUT2D eigenvalue weighted by atomic mass is 32.2. The van der Waals surface area contributed by atoms with Gasteiger partial charge in [0.25, 0.3) is 0 Å². The van der Waals surface area contributed by atoms with Crippen molar-refractivity contribution in [2.45, 2.75) is 56.9 Å². The van der Waals surface area contributed by atoms with E-state index in [0.29, 0.717) is 31.4 Å². The molecule has 1 unspecified atom stereocenters. The molecule has 31 heavy (non-hydrogen) atoms. The molecule has 0 aromatic heterocycles. The van der Waals surface area contributed by atoms with Gasteiger partial charge in [0.05, 0.1) is 0 Å². The first-order valence-corrected chi connectivity index (χ1v) is 12.4. The first-order valence-electron chi connectivity index (χ1n) is 11.0. The van der Waals surface area contributed by atoms with E-state index in [4.69, 9.17) is 0 Å². The second-order valence-corrected chi connectivity index (χ2v) is 11.4. The predicted octanol–water partition coefficient (Wildman–Crippen LogP) is 2.99. The Labute approximate surface area is 184 Å². The summed E-state index contributed by atoms with van der Waals surface area (Å²) in [6.07, 6.45) is 3.10. The van der Waals surface area contributed by atoms with Crippen molar-refractivity contribution < 1.29 is 22.0 Å². The van der Waals surface area contributed by atoms with E-state index in [1.54, 1.807) is 0 Å². The number of carbonyl (C=O) groups is 1. The zero-order valence-electron chi connectivity index (χ0n) is 18.5. The zero-order chi connectivity index (χ0) is 22.8. The van der Waals surface area contributed by atoms with Crippen LogP contribution in [0.3, 0.4) is 0 Å². The summed E-state index contributed by atoms with van der Waals surface area (Å²) in [5, 5.41) is 3.05. The Balaban J connectivity index is 1.54. The second kappa shape index (κ2) is 9.50. The molecule has 1 amide bonds. The van der Waals surface area contributed by atoms with E-state index in [-0.39, 0.29) is 30.5 Å². The summed E-state index contributed by atoms with van der Waals surface area (Å²) in [6, 6.07) is 2.40. The predicted molar refractivity (Wildman–Crippen MR) is 115 cm³/mol. The fourth-order valence-corrected chi connectivity index (χ4v) is 6.02. The minimum Gasteiger partial charge on any atom is -0.354 e. The van der Waals surface area contributed by atoms with Crippen molar-refractivity contribution >= 4 is 15.9 Å². The van der Waals surface area contributed by atoms with Gasteiger partial charge in [-0.15, -0.1) is 0 Å². The van der Waals surface area contributed by atoms with Gasteiger partial charge in [0, 0.05) is 37.6 Å². The summed E-state index contributed by atoms with van der Waals surface area (Å²) in [4.78, 5) is 14.5. The van der Waals surface area contributed by atoms with E-state index >= 15 is 0 Å². The van der Waals surface area contributed by atoms with E-state index in [1.807, 2.05) is 0 Å². The van der Waals surface area contributed by atoms with E-state index in [0.717, 1.165) is 35.9 Å². The maximum absolute atomic E-state index is 14.0. The lowest BCUT2D eigenvalue weighted by Gasteiger charge is -2.43. The number of rotatable bonds is 6. The van der Waals surface area contributed by atoms with Gasteiger partial charge in [-0.2, -0.15) is 4.31 Å². The van der Waals surface area contributed by atoms with Crippen LogP contribution >= 0.6 is 0 Å². The smallest absolute Gasteiger partial charge is 0.246 e. The molecule has 3 rings (SSSR count). The van der Waals surface area contributed by atoms with Gasteiger partial charge in [-0.1, -0.05) is 6.92 Å². The highest BCUT2D eigenvalue weighted by Gasteiger charge is 2.35. The van der Waals surface area contributed by atoms with E-state index < -0.39 is 26.6 Å². The fraction of sp³-hybridized carbons (Fsp3) is 0.682. The number of amides is 1. The molecule has 1 aromatic rings. The molecule has 9 heteroatoms. The maximum Gasteiger partial charge on any atom is 0.246 e. The van der Waals surface area contributed by atoms with Crippen molar-refractivity contribution in [1.82, 2.24) is 14.5 Å². The lowest BCUT2D eigenvalue weighted by atomic mass is 9.93. The average Bonchev–Trinajstić information content (AvgIpc) is 2.74. The third-order valence-electron chi connectivity index (χ3n) is 6.54. The minimum atomic E-state index is -4.14. The highest BCUT2D eigenvalue weighted by molar-refractivity contribution is 7.89. The normalized spacial score (nSPS) is 22.4. The molecule has 1 atom stereocenters. The lowest BCUT2D eigenvalue weighted by Crippen LogP contribution is -2.55. The Bertz CT molecular complexity index is 899. The van der Waals surface area contributed by atoms with Crippen molar-refractivity contribution in [3.63, 3.8) is 0 Å². The number of carbonyl (C=O) groups excluding carboxylic acids is 1. The Morgan fingerprint density at radius 3 is 2.48 bits per heavy atom. The van der Waals surface area contributed by atoms with Gasteiger partial charge in [-0.05, 0) is 70.2 Å². The second-order valence-electron chi connectivity index (χ2n) is 9.48. The molecule has 0 aliphatic carbocycles. The molecule has 0 bridgehead atoms. The van der Waals surface area contributed by atoms with Crippen LogP contribution in [0.2, 0.25) is 0 Å². The van der Waals surface area contributed by atoms with Gasteiger partial charge in [-0.3, -0.25) is 9.69 Å². The van der Waals surface area contributed by atoms with Gasteiger partial charge in [0.1, 0.15) is 16.5 Å². The molecule has 174 valence electrons. The molecular weight excluding hydrogens is 424 g/mol. The van der Waals surface area contributed by atoms with Crippen LogP contribution < -0.4 is 5.32 Å². The van der Waals surface area contributed by atoms with Crippen LogP contribution in [0.15, 0.2) is 23.1 Å². The van der Waals surface area contributed by atoms with Crippen LogP contribution in [-0.2, 0) is 14.8 Å². The number of hydrogen-bond donors (Lipinski definition) is 1. The van der Waals surface area contributed by atoms with Gasteiger partial charge in [0.2, 0.25) is 15.9 Å². The summed E-state index contributed by atoms with van der Waals surface area (Å²) in [5.41, 5.74) is -0.150. The van der Waals surface area contributed by atoms with E-state index in [1.165, 1.54) is 6.42 Å². The molecular formula is C22H33F2N3O3S. The molecule has 2 aliphatic rings. The fourth-order valence-electron chi connectivity index (χ4n) is 4.47. The van der Waals surface area contributed by atoms with Crippen LogP contribution in [-0.4, -0.2) is 61.8 Å². The maximum atomic E-state index is 14.0. The van der Waals surface area contributed by atoms with Crippen molar-refractivity contribution in [2.24, 2.45) is 11.8 Å². The largest absolute Gasteiger partial charge is 0.354 e. The van der Waals surface area contributed by atoms with Gasteiger partial charge >= 0.3 is 0 Å². The third-order valence-corrected chi connectivity index (χ3v) is 8.46. The van der Waals surface area contributed by atoms with Crippen molar-refractivity contribution in [3.8, 4) is 0 Å². The van der Waals surface area contributed by atoms with Crippen LogP contribution in [0.4, 0.5) is 8.78 Å². The van der Waals surface area contributed by atoms with Crippen molar-refractivity contribution in [1.29, 1.82) is 0 Å². The number of nitrogens with one attached hydrogen (secondary N) is 1. The number of benzene rings is 1. The van der Waals surface area contributed by atoms with Gasteiger partial charge in [0.15, 0.2) is 0 Å². The van der Waals surface area contributed by atoms with Crippen LogP contribution in [0, 0.1) is 23.5 Å². The van der Waals surface area contributed by atoms with E-state index in [9.17, 15) is 22.0 Å². The summed E-state index contributed by atoms with van der Waals surface area (Å²) in [5.74, 6) is -1.50. The standard InChI is InChI=1S/C22H33F2N3O3S/c1-16-5-4-10-26(14-16)22(2,3)15-25-21(28)17-8-11-27(12-9-17)31(29,30)20-13-18(23)6-7-19(20)24/h6-7,13,16-17H,4-5,8-12,14-15H2,1-3H3,(H,25,28). The molecule has 2 heterocycles. The minimum absolute atomic E-state index is 0.0767. The molecule has 0 radical (unpaired) electrons. The average molecular weight is 458 g/mol. The third kappa shape index (κ3) is 5.62. The van der Waals surface area contributed by atoms with Gasteiger partial charge < -0.3 is 5.32 Å².